The smallest absolute Gasteiger partial charge is 0.280 e. The van der Waals surface area contributed by atoms with E-state index >= 15 is 0 Å². The Morgan fingerprint density at radius 3 is 2.69 bits per heavy atom. The fourth-order valence-corrected chi connectivity index (χ4v) is 4.60. The monoisotopic (exact) mass is 484 g/mol. The molecule has 32 heavy (non-hydrogen) atoms. The molecule has 0 spiro atoms. The topological polar surface area (TPSA) is 117 Å². The molecule has 1 aliphatic rings. The fraction of sp³-hybridized carbons (Fsp3) is 0.300. The molecule has 2 amide bonds. The second-order valence-corrected chi connectivity index (χ2v) is 9.30. The van der Waals surface area contributed by atoms with Crippen LogP contribution in [0.25, 0.3) is 0 Å². The highest BCUT2D eigenvalue weighted by atomic mass is 35.5. The van der Waals surface area contributed by atoms with E-state index in [1.165, 1.54) is 26.3 Å². The number of carbonyl (C=O) groups is 2. The first-order chi connectivity index (χ1) is 15.1. The molecule has 0 bridgehead atoms. The van der Waals surface area contributed by atoms with E-state index in [1.807, 2.05) is 0 Å². The van der Waals surface area contributed by atoms with Crippen molar-refractivity contribution in [3.63, 3.8) is 0 Å². The Balaban J connectivity index is 1.70. The molecule has 1 fully saturated rings. The van der Waals surface area contributed by atoms with Crippen LogP contribution in [-0.4, -0.2) is 50.8 Å². The number of amides is 2. The number of carbonyl (C=O) groups excluding carboxylic acids is 2. The Bertz CT molecular complexity index is 1130. The highest BCUT2D eigenvalue weighted by Gasteiger charge is 2.42. The molecule has 0 aliphatic carbocycles. The van der Waals surface area contributed by atoms with Crippen LogP contribution in [0.3, 0.4) is 0 Å². The number of ether oxygens (including phenoxy) is 1. The zero-order valence-corrected chi connectivity index (χ0v) is 18.8. The number of likely N-dealkylation sites (N-methyl/N-ethyl adjacent to an activating group) is 1. The summed E-state index contributed by atoms with van der Waals surface area (Å²) in [4.78, 5) is 25.4. The van der Waals surface area contributed by atoms with Crippen molar-refractivity contribution in [2.75, 3.05) is 19.5 Å². The molecule has 2 aromatic carbocycles. The van der Waals surface area contributed by atoms with Crippen LogP contribution in [-0.2, 0) is 26.3 Å². The molecule has 0 radical (unpaired) electrons. The maximum Gasteiger partial charge on any atom is 0.280 e. The Kier molecular flexibility index (Phi) is 7.34. The van der Waals surface area contributed by atoms with Crippen LogP contribution < -0.4 is 20.1 Å². The third kappa shape index (κ3) is 5.54. The van der Waals surface area contributed by atoms with Gasteiger partial charge >= 0.3 is 0 Å². The number of anilines is 1. The average Bonchev–Trinajstić information content (AvgIpc) is 2.76. The molecule has 2 atom stereocenters. The first-order valence-corrected chi connectivity index (χ1v) is 11.3. The van der Waals surface area contributed by atoms with Gasteiger partial charge in [0, 0.05) is 19.3 Å². The summed E-state index contributed by atoms with van der Waals surface area (Å²) in [7, 11) is -1.34. The van der Waals surface area contributed by atoms with Crippen LogP contribution in [0.5, 0.6) is 5.75 Å². The van der Waals surface area contributed by atoms with E-state index in [0.29, 0.717) is 5.75 Å². The number of halogens is 2. The van der Waals surface area contributed by atoms with E-state index in [-0.39, 0.29) is 23.7 Å². The van der Waals surface area contributed by atoms with E-state index < -0.39 is 39.9 Å². The standard InChI is InChI=1S/C20H22ClFN4O5S/c1-26-18(20(28)24-13-6-7-16(22)15(21)9-13)10-17(25-32(26,29)30)19(27)23-11-12-4-3-5-14(8-12)31-2/h3-9,17-18,25H,10-11H2,1-2H3,(H,23,27)(H,24,28). The molecule has 2 aromatic rings. The zero-order chi connectivity index (χ0) is 23.5. The summed E-state index contributed by atoms with van der Waals surface area (Å²) in [5.74, 6) is -1.29. The minimum Gasteiger partial charge on any atom is -0.497 e. The van der Waals surface area contributed by atoms with Crippen LogP contribution in [0.15, 0.2) is 42.5 Å². The van der Waals surface area contributed by atoms with Gasteiger partial charge in [0.25, 0.3) is 10.2 Å². The number of nitrogens with one attached hydrogen (secondary N) is 3. The summed E-state index contributed by atoms with van der Waals surface area (Å²) in [6, 6.07) is 8.31. The van der Waals surface area contributed by atoms with E-state index in [4.69, 9.17) is 16.3 Å². The lowest BCUT2D eigenvalue weighted by atomic mass is 10.1. The van der Waals surface area contributed by atoms with Gasteiger partial charge in [-0.2, -0.15) is 17.4 Å². The highest BCUT2D eigenvalue weighted by molar-refractivity contribution is 7.87. The molecule has 172 valence electrons. The van der Waals surface area contributed by atoms with E-state index in [1.54, 1.807) is 24.3 Å². The first kappa shape index (κ1) is 23.9. The number of benzene rings is 2. The highest BCUT2D eigenvalue weighted by Crippen LogP contribution is 2.22. The molecule has 3 N–H and O–H groups in total. The van der Waals surface area contributed by atoms with Gasteiger partial charge in [-0.1, -0.05) is 23.7 Å². The van der Waals surface area contributed by atoms with Gasteiger partial charge in [0.1, 0.15) is 23.7 Å². The van der Waals surface area contributed by atoms with Crippen molar-refractivity contribution < 1.29 is 27.1 Å². The number of hydrogen-bond donors (Lipinski definition) is 3. The molecule has 9 nitrogen and oxygen atoms in total. The van der Waals surface area contributed by atoms with Crippen LogP contribution in [0.2, 0.25) is 5.02 Å². The summed E-state index contributed by atoms with van der Waals surface area (Å²) in [5.41, 5.74) is 0.959. The van der Waals surface area contributed by atoms with Crippen molar-refractivity contribution in [2.24, 2.45) is 0 Å². The summed E-state index contributed by atoms with van der Waals surface area (Å²) < 4.78 is 46.6. The van der Waals surface area contributed by atoms with Gasteiger partial charge in [0.2, 0.25) is 11.8 Å². The van der Waals surface area contributed by atoms with Crippen molar-refractivity contribution in [3.8, 4) is 5.75 Å². The van der Waals surface area contributed by atoms with Gasteiger partial charge in [-0.25, -0.2) is 4.39 Å². The lowest BCUT2D eigenvalue weighted by Gasteiger charge is -2.35. The van der Waals surface area contributed by atoms with Crippen LogP contribution in [0.4, 0.5) is 10.1 Å². The Morgan fingerprint density at radius 1 is 1.25 bits per heavy atom. The zero-order valence-electron chi connectivity index (χ0n) is 17.3. The Hall–Kier alpha value is -2.73. The van der Waals surface area contributed by atoms with Gasteiger partial charge < -0.3 is 15.4 Å². The second-order valence-electron chi connectivity index (χ2n) is 7.13. The predicted molar refractivity (Wildman–Crippen MR) is 117 cm³/mol. The first-order valence-electron chi connectivity index (χ1n) is 9.52. The molecule has 0 saturated carbocycles. The van der Waals surface area contributed by atoms with Crippen LogP contribution in [0.1, 0.15) is 12.0 Å². The molecule has 12 heteroatoms. The molecular weight excluding hydrogens is 463 g/mol. The predicted octanol–water partition coefficient (Wildman–Crippen LogP) is 1.65. The number of methoxy groups -OCH3 is 1. The molecule has 1 aliphatic heterocycles. The minimum absolute atomic E-state index is 0.111. The van der Waals surface area contributed by atoms with Crippen molar-refractivity contribution in [2.45, 2.75) is 25.0 Å². The van der Waals surface area contributed by atoms with Gasteiger partial charge in [0.05, 0.1) is 12.1 Å². The van der Waals surface area contributed by atoms with Crippen molar-refractivity contribution >= 4 is 39.3 Å². The van der Waals surface area contributed by atoms with E-state index in [2.05, 4.69) is 15.4 Å². The lowest BCUT2D eigenvalue weighted by molar-refractivity contribution is -0.124. The van der Waals surface area contributed by atoms with Gasteiger partial charge in [-0.05, 0) is 42.3 Å². The quantitative estimate of drug-likeness (QED) is 0.576. The molecule has 3 rings (SSSR count). The molecule has 0 aromatic heterocycles. The van der Waals surface area contributed by atoms with E-state index in [0.717, 1.165) is 15.9 Å². The fourth-order valence-electron chi connectivity index (χ4n) is 3.18. The van der Waals surface area contributed by atoms with Crippen molar-refractivity contribution in [1.82, 2.24) is 14.3 Å². The Labute approximate surface area is 190 Å². The van der Waals surface area contributed by atoms with Gasteiger partial charge in [-0.3, -0.25) is 9.59 Å². The summed E-state index contributed by atoms with van der Waals surface area (Å²) in [6.45, 7) is 0.148. The average molecular weight is 485 g/mol. The van der Waals surface area contributed by atoms with Crippen molar-refractivity contribution in [3.05, 3.63) is 58.9 Å². The van der Waals surface area contributed by atoms with Gasteiger partial charge in [-0.15, -0.1) is 0 Å². The molecule has 2 unspecified atom stereocenters. The summed E-state index contributed by atoms with van der Waals surface area (Å²) in [6.07, 6.45) is -0.111. The second kappa shape index (κ2) is 9.82. The number of nitrogens with zero attached hydrogens (tertiary/aromatic N) is 1. The number of rotatable bonds is 6. The maximum atomic E-state index is 13.3. The largest absolute Gasteiger partial charge is 0.497 e. The normalized spacial score (nSPS) is 20.4. The van der Waals surface area contributed by atoms with Crippen molar-refractivity contribution in [1.29, 1.82) is 0 Å². The van der Waals surface area contributed by atoms with E-state index in [9.17, 15) is 22.4 Å². The third-order valence-electron chi connectivity index (χ3n) is 4.98. The van der Waals surface area contributed by atoms with Gasteiger partial charge in [0.15, 0.2) is 0 Å². The number of hydrogen-bond acceptors (Lipinski definition) is 5. The van der Waals surface area contributed by atoms with Crippen LogP contribution in [0, 0.1) is 5.82 Å². The molecular formula is C20H22ClFN4O5S. The minimum atomic E-state index is -4.10. The molecule has 1 saturated heterocycles. The molecule has 1 heterocycles. The maximum absolute atomic E-state index is 13.3. The third-order valence-corrected chi connectivity index (χ3v) is 6.86. The Morgan fingerprint density at radius 2 is 2.00 bits per heavy atom. The summed E-state index contributed by atoms with van der Waals surface area (Å²) >= 11 is 5.72. The summed E-state index contributed by atoms with van der Waals surface area (Å²) in [5, 5.41) is 4.98. The van der Waals surface area contributed by atoms with Crippen LogP contribution >= 0.6 is 11.6 Å². The SMILES string of the molecule is COc1cccc(CNC(=O)C2CC(C(=O)Nc3ccc(F)c(Cl)c3)N(C)S(=O)(=O)N2)c1. The lowest BCUT2D eigenvalue weighted by Crippen LogP contribution is -2.62.